The molecule has 0 saturated heterocycles. The van der Waals surface area contributed by atoms with E-state index in [1.807, 2.05) is 24.3 Å². The topological polar surface area (TPSA) is 139 Å². The van der Waals surface area contributed by atoms with Crippen LogP contribution in [0.5, 0.6) is 5.75 Å². The maximum Gasteiger partial charge on any atom is 0.329 e. The molecule has 1 atom stereocenters. The third-order valence-electron chi connectivity index (χ3n) is 4.69. The van der Waals surface area contributed by atoms with E-state index in [0.717, 1.165) is 18.2 Å². The van der Waals surface area contributed by atoms with Crippen molar-refractivity contribution in [2.75, 3.05) is 12.4 Å². The lowest BCUT2D eigenvalue weighted by Crippen LogP contribution is -2.30. The second kappa shape index (κ2) is 9.84. The Bertz CT molecular complexity index is 1180. The third kappa shape index (κ3) is 5.36. The fraction of sp³-hybridized carbons (Fsp3) is 0.400. The molecule has 2 aromatic heterocycles. The minimum absolute atomic E-state index is 0.0137. The maximum atomic E-state index is 12.4. The van der Waals surface area contributed by atoms with Gasteiger partial charge in [0.2, 0.25) is 0 Å². The molecule has 0 aliphatic heterocycles. The van der Waals surface area contributed by atoms with Crippen LogP contribution in [-0.2, 0) is 24.8 Å². The van der Waals surface area contributed by atoms with Gasteiger partial charge in [0.05, 0.1) is 13.0 Å². The fourth-order valence-corrected chi connectivity index (χ4v) is 3.93. The van der Waals surface area contributed by atoms with Crippen molar-refractivity contribution in [3.05, 3.63) is 50.7 Å². The van der Waals surface area contributed by atoms with Gasteiger partial charge in [-0.25, -0.2) is 9.78 Å². The van der Waals surface area contributed by atoms with Crippen LogP contribution in [0.3, 0.4) is 0 Å². The summed E-state index contributed by atoms with van der Waals surface area (Å²) in [5.74, 6) is -0.119. The highest BCUT2D eigenvalue weighted by molar-refractivity contribution is 7.99. The Morgan fingerprint density at radius 2 is 2.00 bits per heavy atom. The highest BCUT2D eigenvalue weighted by Gasteiger charge is 2.20. The molecular formula is C20H24N4O6S. The second-order valence-corrected chi connectivity index (χ2v) is 8.01. The number of fused-ring (bicyclic) bond motifs is 1. The van der Waals surface area contributed by atoms with E-state index >= 15 is 0 Å². The molecule has 0 radical (unpaired) electrons. The molecule has 166 valence electrons. The third-order valence-corrected chi connectivity index (χ3v) is 5.66. The summed E-state index contributed by atoms with van der Waals surface area (Å²) >= 11 is 1.14. The van der Waals surface area contributed by atoms with Gasteiger partial charge in [-0.1, -0.05) is 30.8 Å². The van der Waals surface area contributed by atoms with Crippen LogP contribution in [0.25, 0.3) is 11.2 Å². The molecule has 0 amide bonds. The summed E-state index contributed by atoms with van der Waals surface area (Å²) in [4.78, 5) is 41.8. The van der Waals surface area contributed by atoms with Gasteiger partial charge in [0.15, 0.2) is 16.3 Å². The number of aliphatic carboxylic acids is 1. The zero-order valence-electron chi connectivity index (χ0n) is 17.2. The Morgan fingerprint density at radius 3 is 2.65 bits per heavy atom. The smallest absolute Gasteiger partial charge is 0.329 e. The summed E-state index contributed by atoms with van der Waals surface area (Å²) in [5.41, 5.74) is 0.231. The normalized spacial score (nSPS) is 12.2. The van der Waals surface area contributed by atoms with Gasteiger partial charge in [0.1, 0.15) is 18.5 Å². The zero-order chi connectivity index (χ0) is 22.5. The number of aromatic nitrogens is 4. The number of carboxylic acid groups (broad SMARTS) is 1. The van der Waals surface area contributed by atoms with Gasteiger partial charge < -0.3 is 19.5 Å². The molecule has 0 spiro atoms. The van der Waals surface area contributed by atoms with Gasteiger partial charge in [-0.15, -0.1) is 0 Å². The van der Waals surface area contributed by atoms with Gasteiger partial charge >= 0.3 is 11.7 Å². The van der Waals surface area contributed by atoms with Crippen molar-refractivity contribution in [1.29, 1.82) is 0 Å². The van der Waals surface area contributed by atoms with Crippen molar-refractivity contribution >= 4 is 28.9 Å². The summed E-state index contributed by atoms with van der Waals surface area (Å²) in [5, 5.41) is 19.8. The van der Waals surface area contributed by atoms with Gasteiger partial charge in [-0.05, 0) is 24.1 Å². The Labute approximate surface area is 181 Å². The number of nitrogens with zero attached hydrogens (tertiary/aromatic N) is 3. The lowest BCUT2D eigenvalue weighted by atomic mass is 10.2. The van der Waals surface area contributed by atoms with E-state index in [0.29, 0.717) is 10.9 Å². The molecule has 2 heterocycles. The number of hydrogen-bond acceptors (Lipinski definition) is 7. The first kappa shape index (κ1) is 22.6. The van der Waals surface area contributed by atoms with Gasteiger partial charge in [0.25, 0.3) is 5.56 Å². The van der Waals surface area contributed by atoms with Gasteiger partial charge in [-0.3, -0.25) is 19.1 Å². The van der Waals surface area contributed by atoms with Crippen LogP contribution in [0.1, 0.15) is 18.9 Å². The van der Waals surface area contributed by atoms with Crippen molar-refractivity contribution in [3.8, 4) is 5.75 Å². The van der Waals surface area contributed by atoms with Crippen LogP contribution in [-0.4, -0.2) is 53.7 Å². The molecule has 3 aromatic rings. The lowest BCUT2D eigenvalue weighted by Gasteiger charge is -2.15. The largest absolute Gasteiger partial charge is 0.491 e. The van der Waals surface area contributed by atoms with Crippen LogP contribution < -0.4 is 16.0 Å². The number of imidazole rings is 1. The molecule has 0 fully saturated rings. The van der Waals surface area contributed by atoms with Crippen molar-refractivity contribution < 1.29 is 19.7 Å². The van der Waals surface area contributed by atoms with E-state index in [1.54, 1.807) is 0 Å². The number of hydrogen-bond donors (Lipinski definition) is 3. The minimum atomic E-state index is -0.973. The molecule has 0 aliphatic rings. The molecule has 3 rings (SSSR count). The van der Waals surface area contributed by atoms with E-state index in [4.69, 9.17) is 9.84 Å². The van der Waals surface area contributed by atoms with Crippen molar-refractivity contribution in [2.24, 2.45) is 7.05 Å². The standard InChI is InChI=1S/C20H24N4O6S/c1-3-12-4-6-14(7-5-12)30-11-13(25)10-24-16-17(23(2)19(29)22-18(16)28)21-20(24)31-9-8-15(26)27/h4-7,13,25H,3,8-11H2,1-2H3,(H,26,27)(H,22,28,29)/t13-/m0/s1. The molecule has 0 aliphatic carbocycles. The summed E-state index contributed by atoms with van der Waals surface area (Å²) < 4.78 is 8.34. The van der Waals surface area contributed by atoms with Crippen LogP contribution in [0.2, 0.25) is 0 Å². The molecular weight excluding hydrogens is 424 g/mol. The number of aromatic amines is 1. The van der Waals surface area contributed by atoms with E-state index < -0.39 is 23.3 Å². The summed E-state index contributed by atoms with van der Waals surface area (Å²) in [6, 6.07) is 7.54. The average Bonchev–Trinajstić information content (AvgIpc) is 3.09. The first-order valence-electron chi connectivity index (χ1n) is 9.74. The molecule has 31 heavy (non-hydrogen) atoms. The maximum absolute atomic E-state index is 12.4. The van der Waals surface area contributed by atoms with Crippen molar-refractivity contribution in [1.82, 2.24) is 19.1 Å². The number of aliphatic hydroxyl groups excluding tert-OH is 1. The van der Waals surface area contributed by atoms with Crippen LogP contribution in [0.15, 0.2) is 39.0 Å². The number of aliphatic hydroxyl groups is 1. The molecule has 11 heteroatoms. The number of H-pyrrole nitrogens is 1. The lowest BCUT2D eigenvalue weighted by molar-refractivity contribution is -0.136. The summed E-state index contributed by atoms with van der Waals surface area (Å²) in [7, 11) is 1.48. The molecule has 1 aromatic carbocycles. The minimum Gasteiger partial charge on any atom is -0.491 e. The molecule has 0 bridgehead atoms. The first-order valence-corrected chi connectivity index (χ1v) is 10.7. The number of ether oxygens (including phenoxy) is 1. The number of carboxylic acids is 1. The highest BCUT2D eigenvalue weighted by atomic mass is 32.2. The second-order valence-electron chi connectivity index (χ2n) is 6.95. The van der Waals surface area contributed by atoms with E-state index in [2.05, 4.69) is 16.9 Å². The molecule has 10 nitrogen and oxygen atoms in total. The van der Waals surface area contributed by atoms with Crippen LogP contribution >= 0.6 is 11.8 Å². The van der Waals surface area contributed by atoms with E-state index in [9.17, 15) is 19.5 Å². The van der Waals surface area contributed by atoms with Crippen molar-refractivity contribution in [2.45, 2.75) is 37.6 Å². The number of benzene rings is 1. The molecule has 0 unspecified atom stereocenters. The van der Waals surface area contributed by atoms with E-state index in [-0.39, 0.29) is 36.5 Å². The summed E-state index contributed by atoms with van der Waals surface area (Å²) in [6.07, 6.45) is -0.155. The average molecular weight is 449 g/mol. The Hall–Kier alpha value is -3.05. The summed E-state index contributed by atoms with van der Waals surface area (Å²) in [6.45, 7) is 2.02. The highest BCUT2D eigenvalue weighted by Crippen LogP contribution is 2.23. The number of thioether (sulfide) groups is 1. The number of carbonyl (C=O) groups is 1. The Balaban J connectivity index is 1.83. The van der Waals surface area contributed by atoms with Crippen LogP contribution in [0, 0.1) is 0 Å². The zero-order valence-corrected chi connectivity index (χ0v) is 18.0. The van der Waals surface area contributed by atoms with Gasteiger partial charge in [0, 0.05) is 12.8 Å². The Morgan fingerprint density at radius 1 is 1.29 bits per heavy atom. The number of nitrogens with one attached hydrogen (secondary N) is 1. The quantitative estimate of drug-likeness (QED) is 0.390. The number of rotatable bonds is 10. The van der Waals surface area contributed by atoms with Crippen molar-refractivity contribution in [3.63, 3.8) is 0 Å². The van der Waals surface area contributed by atoms with E-state index in [1.165, 1.54) is 21.7 Å². The SMILES string of the molecule is CCc1ccc(OC[C@@H](O)Cn2c(SCCC(=O)O)nc3c2c(=O)[nH]c(=O)n3C)cc1. The van der Waals surface area contributed by atoms with Crippen LogP contribution in [0.4, 0.5) is 0 Å². The predicted molar refractivity (Wildman–Crippen MR) is 116 cm³/mol. The Kier molecular flexibility index (Phi) is 7.18. The predicted octanol–water partition coefficient (Wildman–Crippen LogP) is 0.992. The fourth-order valence-electron chi connectivity index (χ4n) is 3.00. The first-order chi connectivity index (χ1) is 14.8. The molecule has 3 N–H and O–H groups in total. The monoisotopic (exact) mass is 448 g/mol. The molecule has 0 saturated carbocycles. The van der Waals surface area contributed by atoms with Gasteiger partial charge in [-0.2, -0.15) is 0 Å². The number of aryl methyl sites for hydroxylation is 2.